The molecule has 4 amide bonds. The highest BCUT2D eigenvalue weighted by molar-refractivity contribution is 6.00. The van der Waals surface area contributed by atoms with Crippen LogP contribution in [0.3, 0.4) is 0 Å². The molecule has 1 unspecified atom stereocenters. The Morgan fingerprint density at radius 3 is 2.51 bits per heavy atom. The number of primary amides is 2. The molecule has 2 aromatic rings. The van der Waals surface area contributed by atoms with Crippen molar-refractivity contribution in [3.63, 3.8) is 0 Å². The van der Waals surface area contributed by atoms with Crippen molar-refractivity contribution in [2.45, 2.75) is 18.1 Å². The van der Waals surface area contributed by atoms with Gasteiger partial charge in [0.1, 0.15) is 37.4 Å². The van der Waals surface area contributed by atoms with Gasteiger partial charge in [0.2, 0.25) is 5.54 Å². The molecule has 2 aliphatic heterocycles. The molecule has 4 N–H and O–H groups in total. The fourth-order valence-electron chi connectivity index (χ4n) is 5.37. The summed E-state index contributed by atoms with van der Waals surface area (Å²) in [6, 6.07) is 9.33. The van der Waals surface area contributed by atoms with Gasteiger partial charge in [-0.2, -0.15) is 4.48 Å². The summed E-state index contributed by atoms with van der Waals surface area (Å²) in [6.07, 6.45) is 9.90. The molecule has 2 fully saturated rings. The number of urea groups is 1. The van der Waals surface area contributed by atoms with E-state index in [1.165, 1.54) is 17.0 Å². The summed E-state index contributed by atoms with van der Waals surface area (Å²) in [5, 5.41) is 0. The Balaban J connectivity index is 1.94. The van der Waals surface area contributed by atoms with Gasteiger partial charge in [-0.1, -0.05) is 11.8 Å². The van der Waals surface area contributed by atoms with E-state index in [-0.39, 0.29) is 55.6 Å². The lowest BCUT2D eigenvalue weighted by molar-refractivity contribution is -0.128. The summed E-state index contributed by atoms with van der Waals surface area (Å²) < 4.78 is 26.0. The van der Waals surface area contributed by atoms with E-state index < -0.39 is 33.9 Å². The Kier molecular flexibility index (Phi) is 7.01. The lowest BCUT2D eigenvalue weighted by Crippen LogP contribution is -2.70. The molecule has 37 heavy (non-hydrogen) atoms. The summed E-state index contributed by atoms with van der Waals surface area (Å²) in [6.45, 7) is 0.179. The monoisotopic (exact) mass is 505 g/mol. The van der Waals surface area contributed by atoms with Gasteiger partial charge in [0.25, 0.3) is 11.8 Å². The number of terminal acetylenes is 2. The molecule has 0 saturated carbocycles. The third kappa shape index (κ3) is 4.11. The van der Waals surface area contributed by atoms with Crippen LogP contribution in [0.4, 0.5) is 20.6 Å². The molecular weight excluding hydrogens is 479 g/mol. The van der Waals surface area contributed by atoms with E-state index in [2.05, 4.69) is 11.8 Å². The molecule has 0 aliphatic carbocycles. The topological polar surface area (TPSA) is 125 Å². The van der Waals surface area contributed by atoms with Gasteiger partial charge in [-0.25, -0.2) is 9.18 Å². The molecule has 4 rings (SSSR count). The molecular formula is C27H26FN4O5+. The number of quaternary nitrogens is 1. The van der Waals surface area contributed by atoms with E-state index in [0.29, 0.717) is 12.2 Å². The first kappa shape index (κ1) is 25.9. The predicted molar refractivity (Wildman–Crippen MR) is 134 cm³/mol. The molecule has 2 aromatic carbocycles. The van der Waals surface area contributed by atoms with E-state index in [9.17, 15) is 14.4 Å². The number of morpholine rings is 1. The van der Waals surface area contributed by atoms with Crippen LogP contribution in [0.5, 0.6) is 0 Å². The molecule has 0 spiro atoms. The zero-order valence-electron chi connectivity index (χ0n) is 20.0. The maximum Gasteiger partial charge on any atom is 0.420 e. The number of carbonyl (C=O) groups excluding carboxylic acids is 3. The van der Waals surface area contributed by atoms with Crippen molar-refractivity contribution in [1.82, 2.24) is 4.48 Å². The molecule has 2 heterocycles. The molecule has 10 heteroatoms. The Hall–Kier alpha value is -4.22. The van der Waals surface area contributed by atoms with Crippen molar-refractivity contribution in [3.05, 3.63) is 59.4 Å². The van der Waals surface area contributed by atoms with Crippen LogP contribution in [-0.4, -0.2) is 56.9 Å². The maximum absolute atomic E-state index is 16.0. The number of hydrogen-bond acceptors (Lipinski definition) is 5. The highest BCUT2D eigenvalue weighted by Gasteiger charge is 2.69. The predicted octanol–water partition coefficient (Wildman–Crippen LogP) is 1.36. The summed E-state index contributed by atoms with van der Waals surface area (Å²) in [5.74, 6) is 2.70. The second kappa shape index (κ2) is 10.0. The van der Waals surface area contributed by atoms with E-state index in [0.717, 1.165) is 6.07 Å². The summed E-state index contributed by atoms with van der Waals surface area (Å²) >= 11 is 0. The quantitative estimate of drug-likeness (QED) is 0.453. The van der Waals surface area contributed by atoms with Crippen LogP contribution in [0, 0.1) is 30.5 Å². The number of nitrogens with two attached hydrogens (primary N) is 2. The summed E-state index contributed by atoms with van der Waals surface area (Å²) in [5.41, 5.74) is 10.9. The number of nitrogens with zero attached hydrogens (tertiary/aromatic N) is 2. The van der Waals surface area contributed by atoms with Gasteiger partial charge < -0.3 is 25.8 Å². The van der Waals surface area contributed by atoms with Crippen molar-refractivity contribution in [1.29, 1.82) is 0 Å². The van der Waals surface area contributed by atoms with Gasteiger partial charge >= 0.3 is 6.03 Å². The molecule has 0 aromatic heterocycles. The molecule has 9 nitrogen and oxygen atoms in total. The minimum absolute atomic E-state index is 0.102. The van der Waals surface area contributed by atoms with Crippen LogP contribution < -0.4 is 20.9 Å². The molecule has 190 valence electrons. The lowest BCUT2D eigenvalue weighted by Gasteiger charge is -2.43. The second-order valence-electron chi connectivity index (χ2n) is 8.85. The number of carbonyl (C=O) groups is 3. The number of ether oxygens (including phenoxy) is 2. The molecule has 2 saturated heterocycles. The van der Waals surface area contributed by atoms with Gasteiger partial charge in [-0.15, -0.1) is 12.8 Å². The Morgan fingerprint density at radius 2 is 1.95 bits per heavy atom. The third-order valence-corrected chi connectivity index (χ3v) is 7.01. The fourth-order valence-corrected chi connectivity index (χ4v) is 5.37. The zero-order chi connectivity index (χ0) is 26.8. The highest BCUT2D eigenvalue weighted by atomic mass is 19.1. The maximum atomic E-state index is 16.0. The SMILES string of the molecule is C#CCO[C@H]1C[C@](C(N)=O)(c2ccc(N3CCOCC3=O)cc2F)[N+](C(N)=O)(c2ccc(C#C)cc2)C1. The van der Waals surface area contributed by atoms with Crippen molar-refractivity contribution in [2.24, 2.45) is 11.5 Å². The van der Waals surface area contributed by atoms with Crippen LogP contribution in [0.1, 0.15) is 17.5 Å². The van der Waals surface area contributed by atoms with Crippen molar-refractivity contribution >= 4 is 29.2 Å². The second-order valence-corrected chi connectivity index (χ2v) is 8.85. The largest absolute Gasteiger partial charge is 0.420 e. The van der Waals surface area contributed by atoms with Gasteiger partial charge in [0, 0.05) is 36.3 Å². The number of anilines is 1. The number of benzene rings is 2. The Labute approximate surface area is 213 Å². The molecule has 0 bridgehead atoms. The van der Waals surface area contributed by atoms with Gasteiger partial charge in [-0.3, -0.25) is 9.59 Å². The first-order valence-electron chi connectivity index (χ1n) is 11.5. The van der Waals surface area contributed by atoms with Crippen molar-refractivity contribution < 1.29 is 28.2 Å². The number of rotatable bonds is 6. The van der Waals surface area contributed by atoms with E-state index >= 15 is 4.39 Å². The molecule has 3 atom stereocenters. The van der Waals surface area contributed by atoms with Crippen molar-refractivity contribution in [3.8, 4) is 24.7 Å². The number of halogens is 1. The van der Waals surface area contributed by atoms with Crippen LogP contribution >= 0.6 is 0 Å². The number of amides is 4. The van der Waals surface area contributed by atoms with Crippen LogP contribution in [0.2, 0.25) is 0 Å². The van der Waals surface area contributed by atoms with E-state index in [1.807, 2.05) is 0 Å². The third-order valence-electron chi connectivity index (χ3n) is 7.01. The average molecular weight is 506 g/mol. The molecule has 2 aliphatic rings. The minimum atomic E-state index is -1.99. The fraction of sp³-hybridized carbons (Fsp3) is 0.296. The zero-order valence-corrected chi connectivity index (χ0v) is 20.0. The van der Waals surface area contributed by atoms with E-state index in [1.54, 1.807) is 24.3 Å². The first-order valence-corrected chi connectivity index (χ1v) is 11.5. The minimum Gasteiger partial charge on any atom is -0.370 e. The highest BCUT2D eigenvalue weighted by Crippen LogP contribution is 2.50. The smallest absolute Gasteiger partial charge is 0.370 e. The number of hydrogen-bond donors (Lipinski definition) is 2. The van der Waals surface area contributed by atoms with Gasteiger partial charge in [0.05, 0.1) is 12.2 Å². The van der Waals surface area contributed by atoms with Crippen LogP contribution in [0.25, 0.3) is 0 Å². The Morgan fingerprint density at radius 1 is 1.22 bits per heavy atom. The summed E-state index contributed by atoms with van der Waals surface area (Å²) in [4.78, 5) is 40.4. The summed E-state index contributed by atoms with van der Waals surface area (Å²) in [7, 11) is 0. The van der Waals surface area contributed by atoms with Crippen LogP contribution in [-0.2, 0) is 24.6 Å². The van der Waals surface area contributed by atoms with Gasteiger partial charge in [0.15, 0.2) is 0 Å². The van der Waals surface area contributed by atoms with E-state index in [4.69, 9.17) is 33.8 Å². The molecule has 0 radical (unpaired) electrons. The van der Waals surface area contributed by atoms with Crippen molar-refractivity contribution in [2.75, 3.05) is 37.8 Å². The first-order chi connectivity index (χ1) is 17.7. The average Bonchev–Trinajstić information content (AvgIpc) is 3.25. The number of likely N-dealkylation sites (tertiary alicyclic amines) is 1. The normalized spacial score (nSPS) is 25.3. The standard InChI is InChI=1S/C27H25FN4O5/c1-3-12-37-21-15-27(25(29)34,32(16-21,26(30)35)20-8-5-18(4-2)6-9-20)22-10-7-19(14-23(22)28)31-11-13-36-17-24(31)33/h1-2,5-10,14,21H,11-13,15-17H2,(H3-,29,30,34,35)/p+1/t21-,27+,32?/m0/s1. The van der Waals surface area contributed by atoms with Crippen LogP contribution in [0.15, 0.2) is 42.5 Å². The lowest BCUT2D eigenvalue weighted by atomic mass is 9.82. The Bertz CT molecular complexity index is 1330. The van der Waals surface area contributed by atoms with Gasteiger partial charge in [-0.05, 0) is 30.3 Å².